The molecule has 4 nitrogen and oxygen atoms in total. The van der Waals surface area contributed by atoms with E-state index in [-0.39, 0.29) is 0 Å². The molecule has 208 valence electrons. The van der Waals surface area contributed by atoms with Gasteiger partial charge >= 0.3 is 0 Å². The Morgan fingerprint density at radius 1 is 0.821 bits per heavy atom. The van der Waals surface area contributed by atoms with E-state index in [1.807, 2.05) is 18.2 Å². The zero-order chi connectivity index (χ0) is 27.9. The van der Waals surface area contributed by atoms with Gasteiger partial charge in [0.05, 0.1) is 7.11 Å². The quantitative estimate of drug-likeness (QED) is 0.313. The molecule has 0 amide bonds. The van der Waals surface area contributed by atoms with E-state index in [2.05, 4.69) is 72.0 Å². The summed E-state index contributed by atoms with van der Waals surface area (Å²) in [6, 6.07) is 23.2. The molecule has 3 aromatic carbocycles. The van der Waals surface area contributed by atoms with E-state index in [0.29, 0.717) is 5.75 Å². The number of ether oxygens (including phenoxy) is 1. The molecule has 1 heterocycles. The van der Waals surface area contributed by atoms with Crippen LogP contribution in [-0.4, -0.2) is 43.3 Å². The first-order chi connectivity index (χ1) is 19.1. The lowest BCUT2D eigenvalue weighted by molar-refractivity contribution is 0.231. The van der Waals surface area contributed by atoms with Gasteiger partial charge in [-0.05, 0) is 111 Å². The largest absolute Gasteiger partial charge is 0.508 e. The Kier molecular flexibility index (Phi) is 12.8. The first-order valence-corrected chi connectivity index (χ1v) is 14.5. The van der Waals surface area contributed by atoms with Crippen molar-refractivity contribution in [2.75, 3.05) is 38.2 Å². The van der Waals surface area contributed by atoms with Crippen LogP contribution in [0.5, 0.6) is 11.5 Å². The fraction of sp³-hybridized carbons (Fsp3) is 0.429. The van der Waals surface area contributed by atoms with Crippen LogP contribution in [0.4, 0.5) is 5.69 Å². The first kappa shape index (κ1) is 30.1. The Hall–Kier alpha value is -3.42. The summed E-state index contributed by atoms with van der Waals surface area (Å²) < 4.78 is 5.36. The number of anilines is 1. The minimum Gasteiger partial charge on any atom is -0.508 e. The lowest BCUT2D eigenvalue weighted by Crippen LogP contribution is -2.31. The van der Waals surface area contributed by atoms with Gasteiger partial charge in [0.15, 0.2) is 0 Å². The molecule has 1 saturated heterocycles. The van der Waals surface area contributed by atoms with Gasteiger partial charge in [0.25, 0.3) is 0 Å². The Balaban J connectivity index is 0.000000267. The summed E-state index contributed by atoms with van der Waals surface area (Å²) in [6.07, 6.45) is 18.2. The molecule has 0 saturated carbocycles. The number of aryl methyl sites for hydroxylation is 2. The lowest BCUT2D eigenvalue weighted by Gasteiger charge is -2.26. The topological polar surface area (TPSA) is 35.9 Å². The second-order valence-corrected chi connectivity index (χ2v) is 10.3. The first-order valence-electron chi connectivity index (χ1n) is 14.5. The van der Waals surface area contributed by atoms with Gasteiger partial charge in [-0.1, -0.05) is 42.8 Å². The van der Waals surface area contributed by atoms with E-state index in [1.54, 1.807) is 13.2 Å². The molecule has 0 bridgehead atoms. The van der Waals surface area contributed by atoms with Crippen molar-refractivity contribution in [3.8, 4) is 24.3 Å². The number of likely N-dealkylation sites (tertiary alicyclic amines) is 1. The summed E-state index contributed by atoms with van der Waals surface area (Å²) in [4.78, 5) is 4.99. The van der Waals surface area contributed by atoms with Crippen molar-refractivity contribution in [2.24, 2.45) is 0 Å². The van der Waals surface area contributed by atoms with Crippen LogP contribution in [-0.2, 0) is 25.8 Å². The van der Waals surface area contributed by atoms with E-state index in [4.69, 9.17) is 4.74 Å². The summed E-state index contributed by atoms with van der Waals surface area (Å²) in [5, 5.41) is 9.19. The Morgan fingerprint density at radius 3 is 2.21 bits per heavy atom. The predicted octanol–water partition coefficient (Wildman–Crippen LogP) is 7.27. The molecule has 0 aromatic heterocycles. The number of fused-ring (bicyclic) bond motifs is 1. The summed E-state index contributed by atoms with van der Waals surface area (Å²) in [5.74, 6) is 1.32. The molecule has 0 atom stereocenters. The van der Waals surface area contributed by atoms with Crippen molar-refractivity contribution in [2.45, 2.75) is 64.8 Å². The number of nitrogens with zero attached hydrogens (tertiary/aromatic N) is 2. The number of methoxy groups -OCH3 is 1. The zero-order valence-electron chi connectivity index (χ0n) is 23.9. The second kappa shape index (κ2) is 16.5. The van der Waals surface area contributed by atoms with Crippen LogP contribution >= 0.6 is 0 Å². The number of piperidine rings is 1. The van der Waals surface area contributed by atoms with Crippen molar-refractivity contribution in [3.63, 3.8) is 0 Å². The van der Waals surface area contributed by atoms with Crippen molar-refractivity contribution in [1.29, 1.82) is 0 Å². The van der Waals surface area contributed by atoms with Gasteiger partial charge in [-0.25, -0.2) is 0 Å². The SMILES string of the molecule is C#C.CCN(Cc1ccc(CCN2CCCCC2)cc1)c1cccc(OC)c1.Oc1ccc2c(c1)CCCC2. The molecule has 2 aliphatic rings. The second-order valence-electron chi connectivity index (χ2n) is 10.3. The average molecular weight is 527 g/mol. The number of hydrogen-bond donors (Lipinski definition) is 1. The fourth-order valence-electron chi connectivity index (χ4n) is 5.41. The number of hydrogen-bond acceptors (Lipinski definition) is 4. The third-order valence-corrected chi connectivity index (χ3v) is 7.69. The maximum Gasteiger partial charge on any atom is 0.120 e. The molecule has 1 N–H and O–H groups in total. The molecule has 0 radical (unpaired) electrons. The predicted molar refractivity (Wildman–Crippen MR) is 165 cm³/mol. The van der Waals surface area contributed by atoms with Gasteiger partial charge in [-0.3, -0.25) is 0 Å². The maximum atomic E-state index is 9.19. The molecule has 1 aliphatic carbocycles. The molecule has 0 unspecified atom stereocenters. The van der Waals surface area contributed by atoms with Crippen LogP contribution in [0.25, 0.3) is 0 Å². The third-order valence-electron chi connectivity index (χ3n) is 7.69. The van der Waals surface area contributed by atoms with Crippen molar-refractivity contribution in [1.82, 2.24) is 4.90 Å². The van der Waals surface area contributed by atoms with Crippen LogP contribution in [0.1, 0.15) is 61.3 Å². The zero-order valence-corrected chi connectivity index (χ0v) is 23.9. The van der Waals surface area contributed by atoms with Crippen molar-refractivity contribution >= 4 is 5.69 Å². The maximum absolute atomic E-state index is 9.19. The summed E-state index contributed by atoms with van der Waals surface area (Å²) >= 11 is 0. The number of rotatable bonds is 8. The highest BCUT2D eigenvalue weighted by Gasteiger charge is 2.11. The molecular weight excluding hydrogens is 480 g/mol. The minimum atomic E-state index is 0.408. The van der Waals surface area contributed by atoms with Crippen LogP contribution < -0.4 is 9.64 Å². The fourth-order valence-corrected chi connectivity index (χ4v) is 5.41. The van der Waals surface area contributed by atoms with E-state index < -0.39 is 0 Å². The molecule has 39 heavy (non-hydrogen) atoms. The van der Waals surface area contributed by atoms with E-state index >= 15 is 0 Å². The summed E-state index contributed by atoms with van der Waals surface area (Å²) in [7, 11) is 1.72. The monoisotopic (exact) mass is 526 g/mol. The molecule has 4 heteroatoms. The van der Waals surface area contributed by atoms with E-state index in [0.717, 1.165) is 31.7 Å². The van der Waals surface area contributed by atoms with Gasteiger partial charge in [0, 0.05) is 31.4 Å². The molecule has 3 aromatic rings. The highest BCUT2D eigenvalue weighted by atomic mass is 16.5. The number of phenolic OH excluding ortho intramolecular Hbond substituents is 1. The molecule has 5 rings (SSSR count). The molecular formula is C35H46N2O2. The van der Waals surface area contributed by atoms with Crippen LogP contribution in [0, 0.1) is 12.8 Å². The van der Waals surface area contributed by atoms with Crippen LogP contribution in [0.3, 0.4) is 0 Å². The number of benzene rings is 3. The average Bonchev–Trinajstić information content (AvgIpc) is 3.01. The number of phenols is 1. The van der Waals surface area contributed by atoms with Crippen molar-refractivity contribution in [3.05, 3.63) is 89.0 Å². The van der Waals surface area contributed by atoms with Gasteiger partial charge in [0.2, 0.25) is 0 Å². The minimum absolute atomic E-state index is 0.408. The van der Waals surface area contributed by atoms with Crippen LogP contribution in [0.15, 0.2) is 66.7 Å². The number of aromatic hydroxyl groups is 1. The van der Waals surface area contributed by atoms with Crippen molar-refractivity contribution < 1.29 is 9.84 Å². The summed E-state index contributed by atoms with van der Waals surface area (Å²) in [6.45, 7) is 7.87. The number of terminal acetylenes is 1. The highest BCUT2D eigenvalue weighted by molar-refractivity contribution is 5.51. The Bertz CT molecular complexity index is 1130. The van der Waals surface area contributed by atoms with Gasteiger partial charge in [0.1, 0.15) is 11.5 Å². The Labute approximate surface area is 236 Å². The van der Waals surface area contributed by atoms with E-state index in [9.17, 15) is 5.11 Å². The normalized spacial score (nSPS) is 14.6. The lowest BCUT2D eigenvalue weighted by atomic mass is 9.92. The van der Waals surface area contributed by atoms with E-state index in [1.165, 1.54) is 86.1 Å². The molecule has 0 spiro atoms. The Morgan fingerprint density at radius 2 is 1.51 bits per heavy atom. The third kappa shape index (κ3) is 9.68. The van der Waals surface area contributed by atoms with Gasteiger partial charge in [-0.15, -0.1) is 12.8 Å². The van der Waals surface area contributed by atoms with Crippen LogP contribution in [0.2, 0.25) is 0 Å². The smallest absolute Gasteiger partial charge is 0.120 e. The highest BCUT2D eigenvalue weighted by Crippen LogP contribution is 2.25. The molecule has 1 aliphatic heterocycles. The van der Waals surface area contributed by atoms with Gasteiger partial charge < -0.3 is 19.6 Å². The molecule has 1 fully saturated rings. The van der Waals surface area contributed by atoms with Gasteiger partial charge in [-0.2, -0.15) is 0 Å². The standard InChI is InChI=1S/C23H32N2O.C10H12O.C2H2/c1-3-25(22-8-7-9-23(18-22)26-2)19-21-12-10-20(11-13-21)14-17-24-15-5-4-6-16-24;11-10-6-5-8-3-1-2-4-9(8)7-10;1-2/h7-13,18H,3-6,14-17,19H2,1-2H3;5-7,11H,1-4H2;1-2H. The summed E-state index contributed by atoms with van der Waals surface area (Å²) in [5.41, 5.74) is 6.78.